The molecule has 0 atom stereocenters. The number of nitrogens with one attached hydrogen (secondary N) is 1. The lowest BCUT2D eigenvalue weighted by atomic mass is 10.6. The molecule has 17 heavy (non-hydrogen) atoms. The van der Waals surface area contributed by atoms with Crippen LogP contribution in [0.3, 0.4) is 0 Å². The van der Waals surface area contributed by atoms with E-state index in [9.17, 15) is 0 Å². The third-order valence-corrected chi connectivity index (χ3v) is 2.08. The van der Waals surface area contributed by atoms with Crippen molar-refractivity contribution in [2.75, 3.05) is 52.8 Å². The van der Waals surface area contributed by atoms with Crippen LogP contribution in [0.1, 0.15) is 0 Å². The Bertz CT molecular complexity index is 303. The fourth-order valence-electron chi connectivity index (χ4n) is 1.10. The molecule has 0 unspecified atom stereocenters. The second kappa shape index (κ2) is 7.81. The van der Waals surface area contributed by atoms with E-state index in [0.29, 0.717) is 24.8 Å². The second-order valence-electron chi connectivity index (χ2n) is 3.79. The SMILES string of the molecule is COc1cnc(NCCOCCN(C)C)nc1. The van der Waals surface area contributed by atoms with Gasteiger partial charge in [-0.25, -0.2) is 9.97 Å². The van der Waals surface area contributed by atoms with Crippen LogP contribution in [0.15, 0.2) is 12.4 Å². The Morgan fingerprint density at radius 1 is 1.24 bits per heavy atom. The van der Waals surface area contributed by atoms with E-state index in [0.717, 1.165) is 13.2 Å². The molecule has 1 N–H and O–H groups in total. The van der Waals surface area contributed by atoms with Crippen LogP contribution < -0.4 is 10.1 Å². The molecule has 0 fully saturated rings. The van der Waals surface area contributed by atoms with E-state index in [1.54, 1.807) is 19.5 Å². The summed E-state index contributed by atoms with van der Waals surface area (Å²) in [4.78, 5) is 10.3. The normalized spacial score (nSPS) is 10.6. The van der Waals surface area contributed by atoms with E-state index in [1.807, 2.05) is 14.1 Å². The van der Waals surface area contributed by atoms with Crippen LogP contribution in [0.25, 0.3) is 0 Å². The van der Waals surface area contributed by atoms with Gasteiger partial charge in [0.05, 0.1) is 32.7 Å². The highest BCUT2D eigenvalue weighted by Crippen LogP contribution is 2.06. The van der Waals surface area contributed by atoms with Gasteiger partial charge in [0.15, 0.2) is 5.75 Å². The number of hydrogen-bond acceptors (Lipinski definition) is 6. The molecule has 0 bridgehead atoms. The number of ether oxygens (including phenoxy) is 2. The van der Waals surface area contributed by atoms with Crippen LogP contribution >= 0.6 is 0 Å². The lowest BCUT2D eigenvalue weighted by Crippen LogP contribution is -2.20. The molecule has 0 aliphatic heterocycles. The Labute approximate surface area is 102 Å². The van der Waals surface area contributed by atoms with Crippen molar-refractivity contribution in [2.24, 2.45) is 0 Å². The third-order valence-electron chi connectivity index (χ3n) is 2.08. The summed E-state index contributed by atoms with van der Waals surface area (Å²) in [7, 11) is 5.63. The number of likely N-dealkylation sites (N-methyl/N-ethyl adjacent to an activating group) is 1. The summed E-state index contributed by atoms with van der Waals surface area (Å²) in [5.41, 5.74) is 0. The summed E-state index contributed by atoms with van der Waals surface area (Å²) in [5.74, 6) is 1.24. The number of anilines is 1. The van der Waals surface area contributed by atoms with Gasteiger partial charge in [-0.15, -0.1) is 0 Å². The Morgan fingerprint density at radius 3 is 2.53 bits per heavy atom. The smallest absolute Gasteiger partial charge is 0.222 e. The molecule has 0 aromatic carbocycles. The van der Waals surface area contributed by atoms with Gasteiger partial charge >= 0.3 is 0 Å². The predicted octanol–water partition coefficient (Wildman–Crippen LogP) is 0.475. The van der Waals surface area contributed by atoms with E-state index >= 15 is 0 Å². The first-order chi connectivity index (χ1) is 8.22. The average molecular weight is 240 g/mol. The van der Waals surface area contributed by atoms with Crippen molar-refractivity contribution in [2.45, 2.75) is 0 Å². The van der Waals surface area contributed by atoms with Gasteiger partial charge in [-0.2, -0.15) is 0 Å². The van der Waals surface area contributed by atoms with Crippen molar-refractivity contribution in [3.05, 3.63) is 12.4 Å². The zero-order chi connectivity index (χ0) is 12.5. The number of aromatic nitrogens is 2. The molecular formula is C11H20N4O2. The molecule has 96 valence electrons. The van der Waals surface area contributed by atoms with E-state index in [2.05, 4.69) is 20.2 Å². The van der Waals surface area contributed by atoms with E-state index in [-0.39, 0.29) is 0 Å². The van der Waals surface area contributed by atoms with Gasteiger partial charge < -0.3 is 19.7 Å². The predicted molar refractivity (Wildman–Crippen MR) is 66.4 cm³/mol. The van der Waals surface area contributed by atoms with Crippen molar-refractivity contribution in [3.8, 4) is 5.75 Å². The molecular weight excluding hydrogens is 220 g/mol. The molecule has 0 aliphatic rings. The van der Waals surface area contributed by atoms with Crippen molar-refractivity contribution >= 4 is 5.95 Å². The first-order valence-electron chi connectivity index (χ1n) is 5.54. The largest absolute Gasteiger partial charge is 0.494 e. The molecule has 6 nitrogen and oxygen atoms in total. The van der Waals surface area contributed by atoms with Crippen molar-refractivity contribution in [1.29, 1.82) is 0 Å². The topological polar surface area (TPSA) is 59.5 Å². The highest BCUT2D eigenvalue weighted by molar-refractivity contribution is 5.26. The van der Waals surface area contributed by atoms with Gasteiger partial charge in [0.2, 0.25) is 5.95 Å². The summed E-state index contributed by atoms with van der Waals surface area (Å²) in [6.07, 6.45) is 3.25. The number of hydrogen-bond donors (Lipinski definition) is 1. The molecule has 0 radical (unpaired) electrons. The van der Waals surface area contributed by atoms with E-state index in [1.165, 1.54) is 0 Å². The van der Waals surface area contributed by atoms with Crippen LogP contribution in [0.2, 0.25) is 0 Å². The molecule has 0 aliphatic carbocycles. The second-order valence-corrected chi connectivity index (χ2v) is 3.79. The lowest BCUT2D eigenvalue weighted by Gasteiger charge is -2.10. The highest BCUT2D eigenvalue weighted by atomic mass is 16.5. The van der Waals surface area contributed by atoms with Crippen molar-refractivity contribution < 1.29 is 9.47 Å². The summed E-state index contributed by atoms with van der Waals surface area (Å²) in [5, 5.41) is 3.07. The maximum atomic E-state index is 5.43. The molecule has 0 saturated carbocycles. The van der Waals surface area contributed by atoms with Crippen molar-refractivity contribution in [1.82, 2.24) is 14.9 Å². The highest BCUT2D eigenvalue weighted by Gasteiger charge is 1.96. The first kappa shape index (κ1) is 13.7. The summed E-state index contributed by atoms with van der Waals surface area (Å²) < 4.78 is 10.4. The van der Waals surface area contributed by atoms with Gasteiger partial charge in [-0.05, 0) is 14.1 Å². The molecule has 1 rings (SSSR count). The number of methoxy groups -OCH3 is 1. The molecule has 0 spiro atoms. The molecule has 6 heteroatoms. The van der Waals surface area contributed by atoms with Crippen LogP contribution in [0, 0.1) is 0 Å². The monoisotopic (exact) mass is 240 g/mol. The first-order valence-corrected chi connectivity index (χ1v) is 5.54. The zero-order valence-electron chi connectivity index (χ0n) is 10.6. The quantitative estimate of drug-likeness (QED) is 0.667. The lowest BCUT2D eigenvalue weighted by molar-refractivity contribution is 0.126. The summed E-state index contributed by atoms with van der Waals surface area (Å²) >= 11 is 0. The van der Waals surface area contributed by atoms with E-state index < -0.39 is 0 Å². The number of nitrogens with zero attached hydrogens (tertiary/aromatic N) is 3. The van der Waals surface area contributed by atoms with Crippen LogP contribution in [-0.4, -0.2) is 62.4 Å². The average Bonchev–Trinajstić information content (AvgIpc) is 2.34. The van der Waals surface area contributed by atoms with Crippen LogP contribution in [0.5, 0.6) is 5.75 Å². The van der Waals surface area contributed by atoms with Gasteiger partial charge in [0, 0.05) is 13.1 Å². The molecule has 1 heterocycles. The zero-order valence-corrected chi connectivity index (χ0v) is 10.6. The Morgan fingerprint density at radius 2 is 1.94 bits per heavy atom. The van der Waals surface area contributed by atoms with Gasteiger partial charge in [-0.1, -0.05) is 0 Å². The number of rotatable bonds is 8. The van der Waals surface area contributed by atoms with Crippen LogP contribution in [-0.2, 0) is 4.74 Å². The molecule has 0 saturated heterocycles. The molecule has 1 aromatic heterocycles. The minimum Gasteiger partial charge on any atom is -0.494 e. The fraction of sp³-hybridized carbons (Fsp3) is 0.636. The standard InChI is InChI=1S/C11H20N4O2/c1-15(2)5-7-17-6-4-12-11-13-8-10(16-3)9-14-11/h8-9H,4-7H2,1-3H3,(H,12,13,14). The summed E-state index contributed by atoms with van der Waals surface area (Å²) in [6, 6.07) is 0. The van der Waals surface area contributed by atoms with Gasteiger partial charge in [-0.3, -0.25) is 0 Å². The van der Waals surface area contributed by atoms with Gasteiger partial charge in [0.25, 0.3) is 0 Å². The van der Waals surface area contributed by atoms with Crippen molar-refractivity contribution in [3.63, 3.8) is 0 Å². The Hall–Kier alpha value is -1.40. The Balaban J connectivity index is 2.09. The van der Waals surface area contributed by atoms with E-state index in [4.69, 9.17) is 9.47 Å². The van der Waals surface area contributed by atoms with Crippen LogP contribution in [0.4, 0.5) is 5.95 Å². The fourth-order valence-corrected chi connectivity index (χ4v) is 1.10. The minimum atomic E-state index is 0.585. The minimum absolute atomic E-state index is 0.585. The summed E-state index contributed by atoms with van der Waals surface area (Å²) in [6.45, 7) is 3.00. The Kier molecular flexibility index (Phi) is 6.27. The maximum absolute atomic E-state index is 5.43. The molecule has 1 aromatic rings. The molecule has 0 amide bonds. The third kappa shape index (κ3) is 6.03. The van der Waals surface area contributed by atoms with Gasteiger partial charge in [0.1, 0.15) is 0 Å². The maximum Gasteiger partial charge on any atom is 0.222 e.